The molecule has 3 rings (SSSR count). The van der Waals surface area contributed by atoms with Crippen LogP contribution in [0.3, 0.4) is 0 Å². The van der Waals surface area contributed by atoms with Gasteiger partial charge < -0.3 is 20.1 Å². The quantitative estimate of drug-likeness (QED) is 0.726. The molecule has 0 spiro atoms. The molecule has 0 aliphatic carbocycles. The van der Waals surface area contributed by atoms with Crippen LogP contribution in [-0.4, -0.2) is 44.8 Å². The summed E-state index contributed by atoms with van der Waals surface area (Å²) in [6.07, 6.45) is 2.46. The van der Waals surface area contributed by atoms with E-state index in [0.29, 0.717) is 24.6 Å². The molecule has 2 N–H and O–H groups in total. The van der Waals surface area contributed by atoms with Gasteiger partial charge in [0.2, 0.25) is 0 Å². The highest BCUT2D eigenvalue weighted by atomic mass is 32.1. The van der Waals surface area contributed by atoms with Crippen LogP contribution in [0.25, 0.3) is 0 Å². The number of ether oxygens (including phenoxy) is 2. The van der Waals surface area contributed by atoms with Gasteiger partial charge in [0.25, 0.3) is 0 Å². The number of thiophene rings is 1. The molecule has 2 amide bonds. The first kappa shape index (κ1) is 19.5. The van der Waals surface area contributed by atoms with Crippen LogP contribution < -0.4 is 20.1 Å². The second kappa shape index (κ2) is 9.62. The van der Waals surface area contributed by atoms with Gasteiger partial charge in [0.15, 0.2) is 11.5 Å². The number of benzene rings is 1. The molecule has 0 radical (unpaired) electrons. The van der Waals surface area contributed by atoms with Crippen LogP contribution in [0.1, 0.15) is 30.0 Å². The van der Waals surface area contributed by atoms with Gasteiger partial charge in [0.05, 0.1) is 20.3 Å². The van der Waals surface area contributed by atoms with E-state index < -0.39 is 0 Å². The molecule has 1 fully saturated rings. The Morgan fingerprint density at radius 2 is 1.93 bits per heavy atom. The van der Waals surface area contributed by atoms with E-state index in [2.05, 4.69) is 32.4 Å². The molecule has 1 aliphatic heterocycles. The van der Waals surface area contributed by atoms with Crippen LogP contribution in [0.5, 0.6) is 11.5 Å². The molecular formula is C20H27N3O3S. The minimum absolute atomic E-state index is 0.163. The molecule has 2 heterocycles. The van der Waals surface area contributed by atoms with Gasteiger partial charge >= 0.3 is 6.03 Å². The third-order valence-corrected chi connectivity index (χ3v) is 5.57. The number of amides is 2. The highest BCUT2D eigenvalue weighted by Gasteiger charge is 2.24. The summed E-state index contributed by atoms with van der Waals surface area (Å²) in [5, 5.41) is 10.2. The second-order valence-corrected chi connectivity index (χ2v) is 7.35. The monoisotopic (exact) mass is 389 g/mol. The molecule has 1 saturated heterocycles. The van der Waals surface area contributed by atoms with Crippen molar-refractivity contribution in [3.05, 3.63) is 46.2 Å². The van der Waals surface area contributed by atoms with E-state index in [-0.39, 0.29) is 12.1 Å². The van der Waals surface area contributed by atoms with Gasteiger partial charge in [-0.2, -0.15) is 11.3 Å². The van der Waals surface area contributed by atoms with Crippen molar-refractivity contribution in [3.63, 3.8) is 0 Å². The third-order valence-electron chi connectivity index (χ3n) is 4.87. The van der Waals surface area contributed by atoms with Gasteiger partial charge in [-0.05, 0) is 66.0 Å². The topological polar surface area (TPSA) is 62.8 Å². The van der Waals surface area contributed by atoms with Gasteiger partial charge in [-0.25, -0.2) is 4.79 Å². The predicted molar refractivity (Wildman–Crippen MR) is 108 cm³/mol. The molecule has 146 valence electrons. The fourth-order valence-electron chi connectivity index (χ4n) is 3.40. The summed E-state index contributed by atoms with van der Waals surface area (Å²) in [6, 6.07) is 7.86. The van der Waals surface area contributed by atoms with Crippen LogP contribution >= 0.6 is 11.3 Å². The maximum Gasteiger partial charge on any atom is 0.315 e. The number of hydrogen-bond donors (Lipinski definition) is 2. The van der Waals surface area contributed by atoms with Crippen molar-refractivity contribution in [2.24, 2.45) is 0 Å². The number of methoxy groups -OCH3 is 2. The maximum atomic E-state index is 12.3. The van der Waals surface area contributed by atoms with Crippen molar-refractivity contribution in [1.82, 2.24) is 15.5 Å². The summed E-state index contributed by atoms with van der Waals surface area (Å²) < 4.78 is 10.5. The summed E-state index contributed by atoms with van der Waals surface area (Å²) in [6.45, 7) is 3.22. The molecule has 0 unspecified atom stereocenters. The van der Waals surface area contributed by atoms with Gasteiger partial charge in [-0.3, -0.25) is 4.90 Å². The SMILES string of the molecule is COc1ccc(CNC(=O)NC[C@H](c2ccsc2)N2CCCC2)cc1OC. The number of urea groups is 1. The zero-order chi connectivity index (χ0) is 19.1. The molecule has 1 aliphatic rings. The molecule has 0 bridgehead atoms. The molecular weight excluding hydrogens is 362 g/mol. The molecule has 2 aromatic rings. The standard InChI is InChI=1S/C20H27N3O3S/c1-25-18-6-5-15(11-19(18)26-2)12-21-20(24)22-13-17(16-7-10-27-14-16)23-8-3-4-9-23/h5-7,10-11,14,17H,3-4,8-9,12-13H2,1-2H3,(H2,21,22,24)/t17-/m1/s1. The number of hydrogen-bond acceptors (Lipinski definition) is 5. The normalized spacial score (nSPS) is 15.3. The number of rotatable bonds is 8. The average molecular weight is 390 g/mol. The Morgan fingerprint density at radius 1 is 1.15 bits per heavy atom. The van der Waals surface area contributed by atoms with E-state index in [4.69, 9.17) is 9.47 Å². The van der Waals surface area contributed by atoms with E-state index in [1.54, 1.807) is 25.6 Å². The predicted octanol–water partition coefficient (Wildman–Crippen LogP) is 3.40. The zero-order valence-corrected chi connectivity index (χ0v) is 16.7. The summed E-state index contributed by atoms with van der Waals surface area (Å²) in [7, 11) is 3.21. The Kier molecular flexibility index (Phi) is 6.95. The Balaban J connectivity index is 1.52. The van der Waals surface area contributed by atoms with Crippen molar-refractivity contribution >= 4 is 17.4 Å². The van der Waals surface area contributed by atoms with E-state index in [1.165, 1.54) is 18.4 Å². The van der Waals surface area contributed by atoms with Gasteiger partial charge in [-0.1, -0.05) is 6.07 Å². The Morgan fingerprint density at radius 3 is 2.59 bits per heavy atom. The first-order valence-corrected chi connectivity index (χ1v) is 10.1. The number of nitrogens with one attached hydrogen (secondary N) is 2. The molecule has 1 aromatic heterocycles. The lowest BCUT2D eigenvalue weighted by Gasteiger charge is -2.27. The van der Waals surface area contributed by atoms with Crippen LogP contribution in [0.4, 0.5) is 4.79 Å². The molecule has 1 aromatic carbocycles. The second-order valence-electron chi connectivity index (χ2n) is 6.57. The van der Waals surface area contributed by atoms with Crippen LogP contribution in [0.15, 0.2) is 35.0 Å². The Bertz CT molecular complexity index is 730. The molecule has 1 atom stereocenters. The van der Waals surface area contributed by atoms with E-state index >= 15 is 0 Å². The summed E-state index contributed by atoms with van der Waals surface area (Å²) >= 11 is 1.70. The maximum absolute atomic E-state index is 12.3. The van der Waals surface area contributed by atoms with Crippen LogP contribution in [0, 0.1) is 0 Å². The lowest BCUT2D eigenvalue weighted by atomic mass is 10.1. The fourth-order valence-corrected chi connectivity index (χ4v) is 4.11. The number of carbonyl (C=O) groups excluding carboxylic acids is 1. The Labute approximate surface area is 164 Å². The van der Waals surface area contributed by atoms with Gasteiger partial charge in [0.1, 0.15) is 0 Å². The molecule has 27 heavy (non-hydrogen) atoms. The molecule has 0 saturated carbocycles. The average Bonchev–Trinajstić information content (AvgIpc) is 3.41. The summed E-state index contributed by atoms with van der Waals surface area (Å²) in [5.41, 5.74) is 2.24. The third kappa shape index (κ3) is 5.14. The lowest BCUT2D eigenvalue weighted by Crippen LogP contribution is -2.41. The molecule has 6 nitrogen and oxygen atoms in total. The van der Waals surface area contributed by atoms with E-state index in [1.807, 2.05) is 18.2 Å². The highest BCUT2D eigenvalue weighted by molar-refractivity contribution is 7.07. The van der Waals surface area contributed by atoms with E-state index in [0.717, 1.165) is 18.7 Å². The minimum atomic E-state index is -0.163. The van der Waals surface area contributed by atoms with Crippen molar-refractivity contribution in [1.29, 1.82) is 0 Å². The summed E-state index contributed by atoms with van der Waals surface area (Å²) in [4.78, 5) is 14.7. The summed E-state index contributed by atoms with van der Waals surface area (Å²) in [5.74, 6) is 1.33. The highest BCUT2D eigenvalue weighted by Crippen LogP contribution is 2.28. The lowest BCUT2D eigenvalue weighted by molar-refractivity contribution is 0.221. The molecule has 7 heteroatoms. The number of carbonyl (C=O) groups is 1. The number of nitrogens with zero attached hydrogens (tertiary/aromatic N) is 1. The largest absolute Gasteiger partial charge is 0.493 e. The van der Waals surface area contributed by atoms with E-state index in [9.17, 15) is 4.79 Å². The van der Waals surface area contributed by atoms with Crippen LogP contribution in [-0.2, 0) is 6.54 Å². The first-order chi connectivity index (χ1) is 13.2. The fraction of sp³-hybridized carbons (Fsp3) is 0.450. The first-order valence-electron chi connectivity index (χ1n) is 9.20. The Hall–Kier alpha value is -2.25. The smallest absolute Gasteiger partial charge is 0.315 e. The van der Waals surface area contributed by atoms with Crippen molar-refractivity contribution in [2.75, 3.05) is 33.9 Å². The van der Waals surface area contributed by atoms with Crippen molar-refractivity contribution in [2.45, 2.75) is 25.4 Å². The number of likely N-dealkylation sites (tertiary alicyclic amines) is 1. The zero-order valence-electron chi connectivity index (χ0n) is 15.9. The minimum Gasteiger partial charge on any atom is -0.493 e. The van der Waals surface area contributed by atoms with Crippen molar-refractivity contribution in [3.8, 4) is 11.5 Å². The van der Waals surface area contributed by atoms with Crippen LogP contribution in [0.2, 0.25) is 0 Å². The van der Waals surface area contributed by atoms with Gasteiger partial charge in [-0.15, -0.1) is 0 Å². The van der Waals surface area contributed by atoms with Gasteiger partial charge in [0, 0.05) is 13.1 Å². The van der Waals surface area contributed by atoms with Crippen molar-refractivity contribution < 1.29 is 14.3 Å².